The van der Waals surface area contributed by atoms with Gasteiger partial charge in [0.15, 0.2) is 5.69 Å². The van der Waals surface area contributed by atoms with Crippen LogP contribution in [0.4, 0.5) is 5.69 Å². The van der Waals surface area contributed by atoms with Gasteiger partial charge in [0.05, 0.1) is 13.2 Å². The first-order chi connectivity index (χ1) is 13.5. The van der Waals surface area contributed by atoms with E-state index in [9.17, 15) is 9.59 Å². The lowest BCUT2D eigenvalue weighted by Crippen LogP contribution is -2.39. The normalized spacial score (nSPS) is 16.0. The maximum absolute atomic E-state index is 12.8. The van der Waals surface area contributed by atoms with Gasteiger partial charge < -0.3 is 24.2 Å². The van der Waals surface area contributed by atoms with E-state index in [0.29, 0.717) is 30.3 Å². The van der Waals surface area contributed by atoms with Crippen molar-refractivity contribution in [2.75, 3.05) is 32.1 Å². The highest BCUT2D eigenvalue weighted by molar-refractivity contribution is 5.94. The van der Waals surface area contributed by atoms with Crippen LogP contribution in [-0.2, 0) is 9.53 Å². The molecule has 8 heteroatoms. The second-order valence-corrected chi connectivity index (χ2v) is 6.74. The molecule has 3 rings (SSSR count). The van der Waals surface area contributed by atoms with Crippen molar-refractivity contribution in [3.63, 3.8) is 0 Å². The van der Waals surface area contributed by atoms with Crippen LogP contribution in [-0.4, -0.2) is 54.8 Å². The van der Waals surface area contributed by atoms with Crippen LogP contribution in [0.25, 0.3) is 0 Å². The van der Waals surface area contributed by atoms with E-state index in [-0.39, 0.29) is 36.6 Å². The number of amides is 2. The number of aromatic nitrogens is 1. The highest BCUT2D eigenvalue weighted by Crippen LogP contribution is 2.17. The maximum atomic E-state index is 12.8. The predicted molar refractivity (Wildman–Crippen MR) is 102 cm³/mol. The van der Waals surface area contributed by atoms with E-state index in [4.69, 9.17) is 14.0 Å². The van der Waals surface area contributed by atoms with Crippen molar-refractivity contribution in [1.29, 1.82) is 0 Å². The minimum absolute atomic E-state index is 0.0124. The number of hydrogen-bond donors (Lipinski definition) is 1. The summed E-state index contributed by atoms with van der Waals surface area (Å²) < 4.78 is 15.8. The molecule has 1 unspecified atom stereocenters. The van der Waals surface area contributed by atoms with Gasteiger partial charge in [-0.15, -0.1) is 0 Å². The molecule has 8 nitrogen and oxygen atoms in total. The molecular weight excluding hydrogens is 362 g/mol. The highest BCUT2D eigenvalue weighted by atomic mass is 16.5. The second kappa shape index (κ2) is 9.36. The number of anilines is 1. The smallest absolute Gasteiger partial charge is 0.276 e. The van der Waals surface area contributed by atoms with Gasteiger partial charge in [0.25, 0.3) is 5.91 Å². The van der Waals surface area contributed by atoms with E-state index >= 15 is 0 Å². The van der Waals surface area contributed by atoms with E-state index in [0.717, 1.165) is 12.8 Å². The highest BCUT2D eigenvalue weighted by Gasteiger charge is 2.25. The van der Waals surface area contributed by atoms with Gasteiger partial charge in [-0.25, -0.2) is 0 Å². The molecule has 0 saturated carbocycles. The van der Waals surface area contributed by atoms with Crippen LogP contribution >= 0.6 is 0 Å². The first-order valence-corrected chi connectivity index (χ1v) is 9.33. The van der Waals surface area contributed by atoms with E-state index in [1.54, 1.807) is 49.3 Å². The Bertz CT molecular complexity index is 796. The number of aryl methyl sites for hydroxylation is 1. The number of benzene rings is 1. The van der Waals surface area contributed by atoms with Gasteiger partial charge in [0, 0.05) is 37.9 Å². The zero-order chi connectivity index (χ0) is 19.9. The number of ether oxygens (including phenoxy) is 2. The van der Waals surface area contributed by atoms with Gasteiger partial charge in [0.2, 0.25) is 5.91 Å². The Labute approximate surface area is 163 Å². The Morgan fingerprint density at radius 2 is 2.11 bits per heavy atom. The van der Waals surface area contributed by atoms with Crippen LogP contribution in [0.3, 0.4) is 0 Å². The molecule has 1 N–H and O–H groups in total. The topological polar surface area (TPSA) is 93.9 Å². The Morgan fingerprint density at radius 3 is 2.71 bits per heavy atom. The summed E-state index contributed by atoms with van der Waals surface area (Å²) in [5.41, 5.74) is 0.918. The molecule has 0 bridgehead atoms. The summed E-state index contributed by atoms with van der Waals surface area (Å²) in [6, 6.07) is 8.68. The van der Waals surface area contributed by atoms with Crippen molar-refractivity contribution in [1.82, 2.24) is 10.1 Å². The van der Waals surface area contributed by atoms with Gasteiger partial charge in [-0.2, -0.15) is 0 Å². The summed E-state index contributed by atoms with van der Waals surface area (Å²) >= 11 is 0. The zero-order valence-corrected chi connectivity index (χ0v) is 16.1. The first-order valence-electron chi connectivity index (χ1n) is 9.33. The molecule has 1 fully saturated rings. The summed E-state index contributed by atoms with van der Waals surface area (Å²) in [5, 5.41) is 6.63. The van der Waals surface area contributed by atoms with Gasteiger partial charge in [-0.3, -0.25) is 9.59 Å². The summed E-state index contributed by atoms with van der Waals surface area (Å²) in [4.78, 5) is 26.7. The average Bonchev–Trinajstić information content (AvgIpc) is 3.37. The third kappa shape index (κ3) is 5.32. The third-order valence-corrected chi connectivity index (χ3v) is 4.56. The van der Waals surface area contributed by atoms with Gasteiger partial charge in [0.1, 0.15) is 11.5 Å². The fourth-order valence-corrected chi connectivity index (χ4v) is 3.07. The maximum Gasteiger partial charge on any atom is 0.276 e. The number of carbonyl (C=O) groups is 2. The summed E-state index contributed by atoms with van der Waals surface area (Å²) in [5.74, 6) is 0.850. The van der Waals surface area contributed by atoms with Crippen LogP contribution in [0.2, 0.25) is 0 Å². The van der Waals surface area contributed by atoms with Crippen LogP contribution in [0.1, 0.15) is 35.5 Å². The van der Waals surface area contributed by atoms with E-state index in [2.05, 4.69) is 10.5 Å². The van der Waals surface area contributed by atoms with Crippen molar-refractivity contribution in [2.24, 2.45) is 0 Å². The Balaban J connectivity index is 1.59. The van der Waals surface area contributed by atoms with Crippen LogP contribution in [0, 0.1) is 6.92 Å². The largest absolute Gasteiger partial charge is 0.497 e. The summed E-state index contributed by atoms with van der Waals surface area (Å²) in [7, 11) is 1.59. The fraction of sp³-hybridized carbons (Fsp3) is 0.450. The number of rotatable bonds is 8. The van der Waals surface area contributed by atoms with Gasteiger partial charge in [-0.1, -0.05) is 5.16 Å². The third-order valence-electron chi connectivity index (χ3n) is 4.56. The molecule has 1 aromatic heterocycles. The number of nitrogens with one attached hydrogen (secondary N) is 1. The number of hydrogen-bond acceptors (Lipinski definition) is 6. The summed E-state index contributed by atoms with van der Waals surface area (Å²) in [6.45, 7) is 3.14. The standard InChI is InChI=1S/C20H25N3O5/c1-14-12-18(22-28-14)20(25)23(13-17-4-3-11-27-17)10-9-19(24)21-15-5-7-16(26-2)8-6-15/h5-8,12,17H,3-4,9-11,13H2,1-2H3,(H,21,24). The molecule has 1 aliphatic heterocycles. The molecule has 1 atom stereocenters. The van der Waals surface area contributed by atoms with Crippen LogP contribution in [0.15, 0.2) is 34.9 Å². The fourth-order valence-electron chi connectivity index (χ4n) is 3.07. The monoisotopic (exact) mass is 387 g/mol. The molecular formula is C20H25N3O5. The van der Waals surface area contributed by atoms with Crippen molar-refractivity contribution in [3.05, 3.63) is 41.8 Å². The summed E-state index contributed by atoms with van der Waals surface area (Å²) in [6.07, 6.45) is 2.04. The molecule has 28 heavy (non-hydrogen) atoms. The number of nitrogens with zero attached hydrogens (tertiary/aromatic N) is 2. The second-order valence-electron chi connectivity index (χ2n) is 6.74. The van der Waals surface area contributed by atoms with Gasteiger partial charge in [-0.05, 0) is 44.0 Å². The average molecular weight is 387 g/mol. The van der Waals surface area contributed by atoms with Crippen molar-refractivity contribution >= 4 is 17.5 Å². The molecule has 0 radical (unpaired) electrons. The van der Waals surface area contributed by atoms with E-state index in [1.807, 2.05) is 0 Å². The number of methoxy groups -OCH3 is 1. The lowest BCUT2D eigenvalue weighted by Gasteiger charge is -2.24. The molecule has 2 heterocycles. The first kappa shape index (κ1) is 19.9. The van der Waals surface area contributed by atoms with Gasteiger partial charge >= 0.3 is 0 Å². The predicted octanol–water partition coefficient (Wildman–Crippen LogP) is 2.64. The number of carbonyl (C=O) groups excluding carboxylic acids is 2. The minimum Gasteiger partial charge on any atom is -0.497 e. The van der Waals surface area contributed by atoms with Crippen molar-refractivity contribution < 1.29 is 23.6 Å². The minimum atomic E-state index is -0.260. The molecule has 2 aromatic rings. The van der Waals surface area contributed by atoms with E-state index in [1.165, 1.54) is 0 Å². The molecule has 1 aromatic carbocycles. The Kier molecular flexibility index (Phi) is 6.65. The lowest BCUT2D eigenvalue weighted by atomic mass is 10.2. The Morgan fingerprint density at radius 1 is 1.32 bits per heavy atom. The molecule has 1 saturated heterocycles. The van der Waals surface area contributed by atoms with Crippen LogP contribution in [0.5, 0.6) is 5.75 Å². The molecule has 2 amide bonds. The molecule has 0 aliphatic carbocycles. The molecule has 1 aliphatic rings. The lowest BCUT2D eigenvalue weighted by molar-refractivity contribution is -0.116. The Hall–Kier alpha value is -2.87. The van der Waals surface area contributed by atoms with E-state index < -0.39 is 0 Å². The SMILES string of the molecule is COc1ccc(NC(=O)CCN(CC2CCCO2)C(=O)c2cc(C)on2)cc1. The molecule has 150 valence electrons. The zero-order valence-electron chi connectivity index (χ0n) is 16.1. The van der Waals surface area contributed by atoms with Crippen molar-refractivity contribution in [3.8, 4) is 5.75 Å². The molecule has 0 spiro atoms. The van der Waals surface area contributed by atoms with Crippen LogP contribution < -0.4 is 10.1 Å². The quantitative estimate of drug-likeness (QED) is 0.748. The van der Waals surface area contributed by atoms with Crippen molar-refractivity contribution in [2.45, 2.75) is 32.3 Å².